The smallest absolute Gasteiger partial charge is 0.137 e. The third-order valence-electron chi connectivity index (χ3n) is 9.49. The Morgan fingerprint density at radius 2 is 1.14 bits per heavy atom. The summed E-state index contributed by atoms with van der Waals surface area (Å²) in [6.45, 7) is 14.1. The average Bonchev–Trinajstić information content (AvgIpc) is 3.64. The van der Waals surface area contributed by atoms with Gasteiger partial charge in [0.25, 0.3) is 0 Å². The maximum Gasteiger partial charge on any atom is 0.137 e. The highest BCUT2D eigenvalue weighted by Crippen LogP contribution is 2.45. The van der Waals surface area contributed by atoms with Gasteiger partial charge in [-0.1, -0.05) is 77.9 Å². The van der Waals surface area contributed by atoms with Gasteiger partial charge in [0.15, 0.2) is 0 Å². The molecule has 0 spiro atoms. The van der Waals surface area contributed by atoms with Gasteiger partial charge < -0.3 is 14.5 Å². The third kappa shape index (κ3) is 5.57. The fourth-order valence-corrected chi connectivity index (χ4v) is 6.78. The molecule has 4 aromatic carbocycles. The molecule has 0 fully saturated rings. The lowest BCUT2D eigenvalue weighted by Crippen LogP contribution is -2.25. The highest BCUT2D eigenvalue weighted by Gasteiger charge is 2.29. The van der Waals surface area contributed by atoms with Crippen LogP contribution >= 0.6 is 0 Å². The fourth-order valence-electron chi connectivity index (χ4n) is 6.78. The zero-order chi connectivity index (χ0) is 33.9. The van der Waals surface area contributed by atoms with E-state index >= 15 is 0 Å². The normalized spacial score (nSPS) is 13.3. The largest absolute Gasteiger partial charge is 0.457 e. The number of para-hydroxylation sites is 3. The number of fused-ring (bicyclic) bond motifs is 4. The second kappa shape index (κ2) is 11.5. The highest BCUT2D eigenvalue weighted by molar-refractivity contribution is 6.09. The Balaban J connectivity index is 1.15. The van der Waals surface area contributed by atoms with Crippen molar-refractivity contribution in [2.45, 2.75) is 52.4 Å². The van der Waals surface area contributed by atoms with Crippen molar-refractivity contribution in [2.24, 2.45) is 0 Å². The molecule has 8 rings (SSSR count). The van der Waals surface area contributed by atoms with Crippen molar-refractivity contribution in [1.29, 1.82) is 0 Å². The molecular weight excluding hydrogens is 603 g/mol. The number of hydrogen-bond acceptors (Lipinski definition) is 5. The summed E-state index contributed by atoms with van der Waals surface area (Å²) in [4.78, 5) is 14.2. The molecule has 4 heterocycles. The van der Waals surface area contributed by atoms with Crippen LogP contribution < -0.4 is 14.5 Å². The van der Waals surface area contributed by atoms with Crippen LogP contribution in [-0.2, 0) is 10.8 Å². The monoisotopic (exact) mass is 643 g/mol. The van der Waals surface area contributed by atoms with E-state index in [1.54, 1.807) is 0 Å². The van der Waals surface area contributed by atoms with Crippen molar-refractivity contribution in [2.75, 3.05) is 16.5 Å². The molecule has 1 aliphatic rings. The Labute approximate surface area is 288 Å². The van der Waals surface area contributed by atoms with Gasteiger partial charge in [0, 0.05) is 41.0 Å². The molecule has 3 aromatic heterocycles. The van der Waals surface area contributed by atoms with Crippen LogP contribution in [0.1, 0.15) is 52.7 Å². The quantitative estimate of drug-likeness (QED) is 0.187. The van der Waals surface area contributed by atoms with Crippen LogP contribution in [0, 0.1) is 0 Å². The van der Waals surface area contributed by atoms with Gasteiger partial charge in [-0.3, -0.25) is 4.57 Å². The van der Waals surface area contributed by atoms with Gasteiger partial charge in [-0.15, -0.1) is 0 Å². The number of hydrogen-bond donors (Lipinski definition) is 0. The molecule has 0 amide bonds. The van der Waals surface area contributed by atoms with Gasteiger partial charge in [-0.05, 0) is 88.7 Å². The molecular formula is C43H41N5O. The first-order chi connectivity index (χ1) is 23.5. The molecule has 0 radical (unpaired) electrons. The molecule has 7 aromatic rings. The lowest BCUT2D eigenvalue weighted by Gasteiger charge is -2.24. The average molecular weight is 644 g/mol. The van der Waals surface area contributed by atoms with E-state index in [-0.39, 0.29) is 10.8 Å². The van der Waals surface area contributed by atoms with Crippen molar-refractivity contribution < 1.29 is 4.74 Å². The number of aromatic nitrogens is 3. The minimum absolute atomic E-state index is 0.00952. The maximum absolute atomic E-state index is 6.62. The van der Waals surface area contributed by atoms with Gasteiger partial charge in [0.05, 0.1) is 22.4 Å². The van der Waals surface area contributed by atoms with Gasteiger partial charge in [-0.25, -0.2) is 9.97 Å². The van der Waals surface area contributed by atoms with Gasteiger partial charge >= 0.3 is 0 Å². The third-order valence-corrected chi connectivity index (χ3v) is 9.49. The zero-order valence-electron chi connectivity index (χ0n) is 29.0. The predicted octanol–water partition coefficient (Wildman–Crippen LogP) is 11.2. The van der Waals surface area contributed by atoms with E-state index in [4.69, 9.17) is 14.7 Å². The van der Waals surface area contributed by atoms with Crippen molar-refractivity contribution >= 4 is 44.7 Å². The standard InChI is InChI=1S/C43H41N5O/c1-42(2,3)29-20-22-44-40(24-29)47-28-46(37-16-9-10-17-38(37)47)31-12-11-13-32(26-31)49-33-18-19-35-34-14-7-8-15-36(34)48(39(35)27-33)41-25-30(21-23-45-41)43(4,5)6/h7-27H,28H2,1-6H3. The van der Waals surface area contributed by atoms with E-state index in [9.17, 15) is 0 Å². The lowest BCUT2D eigenvalue weighted by molar-refractivity contribution is 0.483. The molecule has 0 saturated carbocycles. The van der Waals surface area contributed by atoms with Crippen molar-refractivity contribution in [3.05, 3.63) is 139 Å². The minimum Gasteiger partial charge on any atom is -0.457 e. The maximum atomic E-state index is 6.62. The molecule has 0 aliphatic carbocycles. The van der Waals surface area contributed by atoms with Crippen LogP contribution in [0.15, 0.2) is 128 Å². The summed E-state index contributed by atoms with van der Waals surface area (Å²) in [5.74, 6) is 3.39. The van der Waals surface area contributed by atoms with Gasteiger partial charge in [-0.2, -0.15) is 0 Å². The summed E-state index contributed by atoms with van der Waals surface area (Å²) in [6, 6.07) is 40.4. The Hall–Kier alpha value is -5.62. The van der Waals surface area contributed by atoms with E-state index in [1.807, 2.05) is 18.5 Å². The van der Waals surface area contributed by atoms with Crippen molar-refractivity contribution in [3.63, 3.8) is 0 Å². The van der Waals surface area contributed by atoms with Gasteiger partial charge in [0.1, 0.15) is 29.8 Å². The number of nitrogens with zero attached hydrogens (tertiary/aromatic N) is 5. The molecule has 49 heavy (non-hydrogen) atoms. The van der Waals surface area contributed by atoms with Crippen LogP contribution in [0.5, 0.6) is 11.5 Å². The summed E-state index contributed by atoms with van der Waals surface area (Å²) in [6.07, 6.45) is 3.83. The number of ether oxygens (including phenoxy) is 1. The molecule has 0 bridgehead atoms. The molecule has 6 heteroatoms. The molecule has 0 N–H and O–H groups in total. The predicted molar refractivity (Wildman–Crippen MR) is 202 cm³/mol. The molecule has 0 unspecified atom stereocenters. The molecule has 6 nitrogen and oxygen atoms in total. The first-order valence-corrected chi connectivity index (χ1v) is 16.9. The van der Waals surface area contributed by atoms with E-state index < -0.39 is 0 Å². The Morgan fingerprint density at radius 1 is 0.531 bits per heavy atom. The number of benzene rings is 4. The molecule has 1 aliphatic heterocycles. The molecule has 0 atom stereocenters. The van der Waals surface area contributed by atoms with Crippen LogP contribution in [0.3, 0.4) is 0 Å². The summed E-state index contributed by atoms with van der Waals surface area (Å²) in [5, 5.41) is 2.35. The van der Waals surface area contributed by atoms with E-state index in [2.05, 4.69) is 165 Å². The van der Waals surface area contributed by atoms with Crippen LogP contribution in [0.2, 0.25) is 0 Å². The highest BCUT2D eigenvalue weighted by atomic mass is 16.5. The summed E-state index contributed by atoms with van der Waals surface area (Å²) >= 11 is 0. The Morgan fingerprint density at radius 3 is 1.88 bits per heavy atom. The second-order valence-electron chi connectivity index (χ2n) is 14.9. The summed E-state index contributed by atoms with van der Waals surface area (Å²) in [5.41, 5.74) is 8.05. The van der Waals surface area contributed by atoms with Crippen LogP contribution in [0.4, 0.5) is 22.9 Å². The lowest BCUT2D eigenvalue weighted by atomic mass is 9.88. The number of anilines is 4. The number of pyridine rings is 2. The first kappa shape index (κ1) is 30.7. The van der Waals surface area contributed by atoms with Crippen LogP contribution in [0.25, 0.3) is 27.6 Å². The van der Waals surface area contributed by atoms with Crippen molar-refractivity contribution in [1.82, 2.24) is 14.5 Å². The summed E-state index contributed by atoms with van der Waals surface area (Å²) < 4.78 is 8.87. The Kier molecular flexibility index (Phi) is 7.21. The summed E-state index contributed by atoms with van der Waals surface area (Å²) in [7, 11) is 0. The molecule has 244 valence electrons. The van der Waals surface area contributed by atoms with Crippen LogP contribution in [-0.4, -0.2) is 21.2 Å². The second-order valence-corrected chi connectivity index (χ2v) is 14.9. The van der Waals surface area contributed by atoms with Gasteiger partial charge in [0.2, 0.25) is 0 Å². The minimum atomic E-state index is 0.00952. The van der Waals surface area contributed by atoms with E-state index in [1.165, 1.54) is 16.5 Å². The zero-order valence-corrected chi connectivity index (χ0v) is 29.0. The van der Waals surface area contributed by atoms with E-state index in [0.717, 1.165) is 56.6 Å². The fraction of sp³-hybridized carbons (Fsp3) is 0.209. The first-order valence-electron chi connectivity index (χ1n) is 16.9. The van der Waals surface area contributed by atoms with Crippen molar-refractivity contribution in [3.8, 4) is 17.3 Å². The topological polar surface area (TPSA) is 46.4 Å². The SMILES string of the molecule is CC(C)(C)c1ccnc(N2CN(c3cccc(Oc4ccc5c6ccccc6n(-c6cc(C(C)(C)C)ccn6)c5c4)c3)c3ccccc32)c1. The molecule has 0 saturated heterocycles. The number of rotatable bonds is 5. The van der Waals surface area contributed by atoms with E-state index in [0.29, 0.717) is 6.67 Å². The Bertz CT molecular complexity index is 2340.